The molecular formula is C46H34F12N4O8S. The van der Waals surface area contributed by atoms with Gasteiger partial charge in [-0.2, -0.15) is 52.7 Å². The third-order valence-corrected chi connectivity index (χ3v) is 12.5. The van der Waals surface area contributed by atoms with Crippen LogP contribution < -0.4 is 20.7 Å². The number of hydrogen-bond acceptors (Lipinski definition) is 9. The number of aryl methyl sites for hydroxylation is 1. The predicted octanol–water partition coefficient (Wildman–Crippen LogP) is 11.0. The van der Waals surface area contributed by atoms with Crippen LogP contribution in [-0.2, 0) is 20.9 Å². The second-order valence-electron chi connectivity index (χ2n) is 15.6. The summed E-state index contributed by atoms with van der Waals surface area (Å²) in [5, 5.41) is 47.6. The van der Waals surface area contributed by atoms with Gasteiger partial charge < -0.3 is 36.4 Å². The Balaban J connectivity index is 1.35. The first kappa shape index (κ1) is 52.5. The monoisotopic (exact) mass is 1030 g/mol. The van der Waals surface area contributed by atoms with E-state index in [0.717, 1.165) is 37.4 Å². The van der Waals surface area contributed by atoms with Gasteiger partial charge in [-0.15, -0.1) is 0 Å². The summed E-state index contributed by atoms with van der Waals surface area (Å²) in [5.41, 5.74) is -20.7. The van der Waals surface area contributed by atoms with Crippen LogP contribution in [0.15, 0.2) is 126 Å². The topological polar surface area (TPSA) is 197 Å². The third kappa shape index (κ3) is 9.59. The molecule has 0 aliphatic carbocycles. The smallest absolute Gasteiger partial charge is 0.411 e. The number of anilines is 4. The lowest BCUT2D eigenvalue weighted by molar-refractivity contribution is -0.290. The van der Waals surface area contributed by atoms with Crippen LogP contribution in [0.4, 0.5) is 75.4 Å². The van der Waals surface area contributed by atoms with E-state index in [9.17, 15) is 64.8 Å². The van der Waals surface area contributed by atoms with Crippen molar-refractivity contribution in [2.75, 3.05) is 27.7 Å². The van der Waals surface area contributed by atoms with Crippen molar-refractivity contribution in [3.05, 3.63) is 160 Å². The van der Waals surface area contributed by atoms with Crippen molar-refractivity contribution in [2.45, 2.75) is 47.4 Å². The molecule has 12 nitrogen and oxygen atoms in total. The summed E-state index contributed by atoms with van der Waals surface area (Å²) >= 11 is 0. The first-order valence-electron chi connectivity index (χ1n) is 19.9. The standard InChI is InChI=1S/C46H34F12N4O8S/c1-23-6-12-30(13-7-23)71(69,70)62-34-22-29(11-17-38(34)66)42(45(53,54)55,46(56,57)58)28-10-16-37(65)33(21-28)61-40(68)25-5-3-4-24(18-25)39(67)60-32-20-27(9-15-36(32)64)41(43(47,48)49,44(50,51)52)26-8-14-35(63)31(19-26)59-2/h3-22,59,62-66H,1-2H3,(H,60,67)(H,61,68). The number of alkyl halides is 12. The number of benzene rings is 6. The zero-order valence-electron chi connectivity index (χ0n) is 35.9. The van der Waals surface area contributed by atoms with E-state index < -0.39 is 141 Å². The van der Waals surface area contributed by atoms with E-state index in [0.29, 0.717) is 54.1 Å². The van der Waals surface area contributed by atoms with Gasteiger partial charge in [0.15, 0.2) is 0 Å². The summed E-state index contributed by atoms with van der Waals surface area (Å²) in [6.45, 7) is 1.60. The van der Waals surface area contributed by atoms with E-state index >= 15 is 26.3 Å². The molecule has 376 valence electrons. The maximum absolute atomic E-state index is 15.2. The van der Waals surface area contributed by atoms with Gasteiger partial charge in [0, 0.05) is 18.2 Å². The van der Waals surface area contributed by atoms with Crippen LogP contribution in [0, 0.1) is 6.92 Å². The van der Waals surface area contributed by atoms with Crippen molar-refractivity contribution in [1.29, 1.82) is 0 Å². The molecule has 0 radical (unpaired) electrons. The number of nitrogens with one attached hydrogen (secondary N) is 4. The number of phenolic OH excluding ortho intramolecular Hbond substituents is 4. The van der Waals surface area contributed by atoms with Crippen molar-refractivity contribution >= 4 is 44.6 Å². The first-order valence-corrected chi connectivity index (χ1v) is 21.4. The van der Waals surface area contributed by atoms with Crippen LogP contribution in [0.2, 0.25) is 0 Å². The maximum Gasteiger partial charge on any atom is 0.411 e. The minimum Gasteiger partial charge on any atom is -0.506 e. The number of aromatic hydroxyl groups is 4. The highest BCUT2D eigenvalue weighted by atomic mass is 32.2. The van der Waals surface area contributed by atoms with Crippen molar-refractivity contribution in [2.24, 2.45) is 0 Å². The molecule has 0 unspecified atom stereocenters. The molecule has 0 heterocycles. The van der Waals surface area contributed by atoms with Crippen LogP contribution in [0.1, 0.15) is 48.5 Å². The molecule has 0 aliphatic rings. The number of rotatable bonds is 12. The van der Waals surface area contributed by atoms with Gasteiger partial charge in [0.1, 0.15) is 23.0 Å². The van der Waals surface area contributed by atoms with Gasteiger partial charge in [0.2, 0.25) is 10.8 Å². The number of amides is 2. The number of sulfonamides is 1. The van der Waals surface area contributed by atoms with E-state index in [2.05, 4.69) is 5.32 Å². The van der Waals surface area contributed by atoms with Crippen molar-refractivity contribution in [3.63, 3.8) is 0 Å². The van der Waals surface area contributed by atoms with Gasteiger partial charge in [-0.05, 0) is 108 Å². The van der Waals surface area contributed by atoms with Gasteiger partial charge in [-0.1, -0.05) is 48.0 Å². The number of carbonyl (C=O) groups excluding carboxylic acids is 2. The lowest BCUT2D eigenvalue weighted by Gasteiger charge is -2.38. The normalized spacial score (nSPS) is 12.8. The molecule has 0 atom stereocenters. The van der Waals surface area contributed by atoms with Gasteiger partial charge in [-0.3, -0.25) is 14.3 Å². The molecular weight excluding hydrogens is 997 g/mol. The second-order valence-corrected chi connectivity index (χ2v) is 17.3. The van der Waals surface area contributed by atoms with Crippen molar-refractivity contribution in [1.82, 2.24) is 0 Å². The van der Waals surface area contributed by atoms with E-state index in [1.165, 1.54) is 12.1 Å². The van der Waals surface area contributed by atoms with Gasteiger partial charge in [0.25, 0.3) is 21.8 Å². The van der Waals surface area contributed by atoms with Crippen LogP contribution >= 0.6 is 0 Å². The molecule has 0 saturated carbocycles. The van der Waals surface area contributed by atoms with E-state index in [-0.39, 0.29) is 30.3 Å². The molecule has 2 amide bonds. The molecule has 0 aromatic heterocycles. The SMILES string of the molecule is CNc1cc(C(c2ccc(O)c(NC(=O)c3cccc(C(=O)Nc4cc(C(c5ccc(O)c(NS(=O)(=O)c6ccc(C)cc6)c5)(C(F)(F)F)C(F)(F)F)ccc4O)c3)c2)(C(F)(F)F)C(F)(F)F)ccc1O. The fourth-order valence-corrected chi connectivity index (χ4v) is 8.70. The Labute approximate surface area is 393 Å². The van der Waals surface area contributed by atoms with Crippen LogP contribution in [0.5, 0.6) is 23.0 Å². The maximum atomic E-state index is 15.2. The summed E-state index contributed by atoms with van der Waals surface area (Å²) in [4.78, 5) is 26.5. The Morgan fingerprint density at radius 2 is 0.775 bits per heavy atom. The summed E-state index contributed by atoms with van der Waals surface area (Å²) in [5.74, 6) is -6.75. The summed E-state index contributed by atoms with van der Waals surface area (Å²) in [7, 11) is -3.62. The van der Waals surface area contributed by atoms with E-state index in [4.69, 9.17) is 0 Å². The van der Waals surface area contributed by atoms with E-state index in [1.54, 1.807) is 11.6 Å². The minimum absolute atomic E-state index is 0.0954. The molecule has 0 saturated heterocycles. The molecule has 25 heteroatoms. The average Bonchev–Trinajstić information content (AvgIpc) is 3.26. The third-order valence-electron chi connectivity index (χ3n) is 11.1. The lowest BCUT2D eigenvalue weighted by atomic mass is 9.72. The van der Waals surface area contributed by atoms with Crippen LogP contribution in [0.25, 0.3) is 0 Å². The highest BCUT2D eigenvalue weighted by Gasteiger charge is 2.74. The molecule has 6 aromatic rings. The Morgan fingerprint density at radius 1 is 0.451 bits per heavy atom. The Kier molecular flexibility index (Phi) is 13.7. The molecule has 0 bridgehead atoms. The van der Waals surface area contributed by atoms with Gasteiger partial charge >= 0.3 is 24.7 Å². The average molecular weight is 1030 g/mol. The Hall–Kier alpha value is -7.83. The molecule has 6 rings (SSSR count). The number of carbonyl (C=O) groups is 2. The minimum atomic E-state index is -6.34. The van der Waals surface area contributed by atoms with Crippen LogP contribution in [0.3, 0.4) is 0 Å². The largest absolute Gasteiger partial charge is 0.506 e. The predicted molar refractivity (Wildman–Crippen MR) is 232 cm³/mol. The summed E-state index contributed by atoms with van der Waals surface area (Å²) < 4.78 is 209. The highest BCUT2D eigenvalue weighted by Crippen LogP contribution is 2.59. The molecule has 71 heavy (non-hydrogen) atoms. The molecule has 6 aromatic carbocycles. The zero-order valence-corrected chi connectivity index (χ0v) is 36.7. The molecule has 0 aliphatic heterocycles. The first-order chi connectivity index (χ1) is 32.8. The number of halogens is 12. The summed E-state index contributed by atoms with van der Waals surface area (Å²) in [6, 6.07) is 12.0. The number of phenols is 4. The lowest BCUT2D eigenvalue weighted by Crippen LogP contribution is -2.54. The van der Waals surface area contributed by atoms with Crippen LogP contribution in [-0.4, -0.2) is 72.4 Å². The Morgan fingerprint density at radius 3 is 1.13 bits per heavy atom. The van der Waals surface area contributed by atoms with Gasteiger partial charge in [-0.25, -0.2) is 8.42 Å². The second kappa shape index (κ2) is 18.5. The zero-order chi connectivity index (χ0) is 52.9. The molecule has 0 spiro atoms. The van der Waals surface area contributed by atoms with E-state index in [1.807, 2.05) is 10.6 Å². The number of hydrogen-bond donors (Lipinski definition) is 8. The fourth-order valence-electron chi connectivity index (χ4n) is 7.64. The van der Waals surface area contributed by atoms with Crippen molar-refractivity contribution in [3.8, 4) is 23.0 Å². The Bertz CT molecular complexity index is 3110. The highest BCUT2D eigenvalue weighted by molar-refractivity contribution is 7.92. The molecule has 0 fully saturated rings. The molecule has 8 N–H and O–H groups in total. The van der Waals surface area contributed by atoms with Gasteiger partial charge in [0.05, 0.1) is 27.6 Å². The van der Waals surface area contributed by atoms with Crippen molar-refractivity contribution < 1.29 is 91.1 Å². The summed E-state index contributed by atoms with van der Waals surface area (Å²) in [6.07, 6.45) is -25.0. The fraction of sp³-hybridized carbons (Fsp3) is 0.174. The quantitative estimate of drug-likeness (QED) is 0.0434.